The average molecular weight is 208 g/mol. The fourth-order valence-electron chi connectivity index (χ4n) is 1.32. The first kappa shape index (κ1) is 11.5. The first-order valence-corrected chi connectivity index (χ1v) is 4.95. The lowest BCUT2D eigenvalue weighted by Crippen LogP contribution is -2.24. The number of rotatable bonds is 5. The zero-order chi connectivity index (χ0) is 11.3. The van der Waals surface area contributed by atoms with Crippen molar-refractivity contribution in [1.29, 1.82) is 0 Å². The summed E-state index contributed by atoms with van der Waals surface area (Å²) in [4.78, 5) is 11.1. The lowest BCUT2D eigenvalue weighted by atomic mass is 10.1. The summed E-state index contributed by atoms with van der Waals surface area (Å²) in [7, 11) is 0. The molecule has 0 aliphatic rings. The standard InChI is InChI=1S/C11H16N2O2/c1-2-8(7-14)13-10-6-4-3-5-9(10)11(12)15/h3-6,8,13-14H,2,7H2,1H3,(H2,12,15). The number of hydrogen-bond donors (Lipinski definition) is 3. The fourth-order valence-corrected chi connectivity index (χ4v) is 1.32. The van der Waals surface area contributed by atoms with Crippen molar-refractivity contribution in [3.8, 4) is 0 Å². The number of anilines is 1. The van der Waals surface area contributed by atoms with E-state index in [9.17, 15) is 4.79 Å². The van der Waals surface area contributed by atoms with E-state index >= 15 is 0 Å². The Bertz CT molecular complexity index is 335. The van der Waals surface area contributed by atoms with Gasteiger partial charge in [0.2, 0.25) is 0 Å². The fraction of sp³-hybridized carbons (Fsp3) is 0.364. The first-order valence-electron chi connectivity index (χ1n) is 4.95. The van der Waals surface area contributed by atoms with Crippen LogP contribution in [0.5, 0.6) is 0 Å². The molecule has 0 aliphatic carbocycles. The summed E-state index contributed by atoms with van der Waals surface area (Å²) in [6.45, 7) is 1.99. The molecule has 0 bridgehead atoms. The van der Waals surface area contributed by atoms with Crippen LogP contribution in [-0.4, -0.2) is 23.7 Å². The maximum absolute atomic E-state index is 11.1. The van der Waals surface area contributed by atoms with E-state index in [4.69, 9.17) is 10.8 Å². The average Bonchev–Trinajstić information content (AvgIpc) is 2.26. The van der Waals surface area contributed by atoms with E-state index in [0.717, 1.165) is 6.42 Å². The topological polar surface area (TPSA) is 75.3 Å². The molecule has 1 aromatic rings. The summed E-state index contributed by atoms with van der Waals surface area (Å²) in [6.07, 6.45) is 0.781. The molecule has 4 heteroatoms. The van der Waals surface area contributed by atoms with Crippen LogP contribution in [0.15, 0.2) is 24.3 Å². The molecule has 4 nitrogen and oxygen atoms in total. The second-order valence-corrected chi connectivity index (χ2v) is 3.34. The zero-order valence-electron chi connectivity index (χ0n) is 8.73. The zero-order valence-corrected chi connectivity index (χ0v) is 8.73. The molecule has 0 saturated carbocycles. The van der Waals surface area contributed by atoms with Gasteiger partial charge in [-0.15, -0.1) is 0 Å². The second-order valence-electron chi connectivity index (χ2n) is 3.34. The van der Waals surface area contributed by atoms with Crippen LogP contribution in [-0.2, 0) is 0 Å². The molecule has 0 fully saturated rings. The molecule has 0 saturated heterocycles. The number of amides is 1. The van der Waals surface area contributed by atoms with Crippen LogP contribution in [0, 0.1) is 0 Å². The number of aliphatic hydroxyl groups is 1. The van der Waals surface area contributed by atoms with Gasteiger partial charge >= 0.3 is 0 Å². The van der Waals surface area contributed by atoms with E-state index < -0.39 is 5.91 Å². The Morgan fingerprint density at radius 1 is 1.53 bits per heavy atom. The van der Waals surface area contributed by atoms with E-state index in [0.29, 0.717) is 11.3 Å². The highest BCUT2D eigenvalue weighted by Gasteiger charge is 2.10. The molecule has 1 unspecified atom stereocenters. The van der Waals surface area contributed by atoms with Gasteiger partial charge in [0.1, 0.15) is 0 Å². The van der Waals surface area contributed by atoms with Gasteiger partial charge in [-0.1, -0.05) is 19.1 Å². The Kier molecular flexibility index (Phi) is 4.12. The van der Waals surface area contributed by atoms with E-state index in [2.05, 4.69) is 5.32 Å². The van der Waals surface area contributed by atoms with Crippen molar-refractivity contribution in [1.82, 2.24) is 0 Å². The van der Waals surface area contributed by atoms with Crippen molar-refractivity contribution in [2.45, 2.75) is 19.4 Å². The molecule has 0 aliphatic heterocycles. The molecule has 15 heavy (non-hydrogen) atoms. The Morgan fingerprint density at radius 3 is 2.73 bits per heavy atom. The van der Waals surface area contributed by atoms with Crippen molar-refractivity contribution < 1.29 is 9.90 Å². The van der Waals surface area contributed by atoms with Gasteiger partial charge in [0.05, 0.1) is 12.2 Å². The number of nitrogens with two attached hydrogens (primary N) is 1. The van der Waals surface area contributed by atoms with Crippen molar-refractivity contribution in [3.05, 3.63) is 29.8 Å². The monoisotopic (exact) mass is 208 g/mol. The Balaban J connectivity index is 2.88. The minimum absolute atomic E-state index is 0.0313. The number of primary amides is 1. The predicted molar refractivity (Wildman–Crippen MR) is 59.7 cm³/mol. The molecule has 82 valence electrons. The summed E-state index contributed by atoms with van der Waals surface area (Å²) in [5, 5.41) is 12.1. The summed E-state index contributed by atoms with van der Waals surface area (Å²) >= 11 is 0. The Morgan fingerprint density at radius 2 is 2.20 bits per heavy atom. The van der Waals surface area contributed by atoms with Crippen LogP contribution in [0.1, 0.15) is 23.7 Å². The lowest BCUT2D eigenvalue weighted by molar-refractivity contribution is 0.100. The molecule has 1 aromatic carbocycles. The highest BCUT2D eigenvalue weighted by molar-refractivity contribution is 5.98. The van der Waals surface area contributed by atoms with Crippen LogP contribution >= 0.6 is 0 Å². The second kappa shape index (κ2) is 5.36. The molecule has 0 spiro atoms. The van der Waals surface area contributed by atoms with Gasteiger partial charge in [0.25, 0.3) is 5.91 Å². The van der Waals surface area contributed by atoms with Gasteiger partial charge < -0.3 is 16.2 Å². The van der Waals surface area contributed by atoms with E-state index in [1.54, 1.807) is 18.2 Å². The quantitative estimate of drug-likeness (QED) is 0.675. The van der Waals surface area contributed by atoms with Crippen LogP contribution in [0.2, 0.25) is 0 Å². The number of carbonyl (C=O) groups is 1. The van der Waals surface area contributed by atoms with Crippen molar-refractivity contribution in [2.75, 3.05) is 11.9 Å². The lowest BCUT2D eigenvalue weighted by Gasteiger charge is -2.17. The normalized spacial score (nSPS) is 12.1. The van der Waals surface area contributed by atoms with Gasteiger partial charge in [-0.05, 0) is 18.6 Å². The number of hydrogen-bond acceptors (Lipinski definition) is 3. The third-order valence-electron chi connectivity index (χ3n) is 2.27. The number of nitrogens with one attached hydrogen (secondary N) is 1. The Hall–Kier alpha value is -1.55. The van der Waals surface area contributed by atoms with Gasteiger partial charge in [0, 0.05) is 11.7 Å². The van der Waals surface area contributed by atoms with Gasteiger partial charge in [-0.2, -0.15) is 0 Å². The molecule has 1 atom stereocenters. The van der Waals surface area contributed by atoms with Crippen LogP contribution in [0.4, 0.5) is 5.69 Å². The first-order chi connectivity index (χ1) is 7.19. The van der Waals surface area contributed by atoms with Crippen LogP contribution < -0.4 is 11.1 Å². The van der Waals surface area contributed by atoms with Crippen molar-refractivity contribution in [2.24, 2.45) is 5.73 Å². The third kappa shape index (κ3) is 2.95. The molecule has 1 amide bonds. The number of benzene rings is 1. The minimum atomic E-state index is -0.467. The highest BCUT2D eigenvalue weighted by atomic mass is 16.3. The van der Waals surface area contributed by atoms with Crippen molar-refractivity contribution >= 4 is 11.6 Å². The molecule has 1 rings (SSSR count). The third-order valence-corrected chi connectivity index (χ3v) is 2.27. The predicted octanol–water partition coefficient (Wildman–Crippen LogP) is 0.968. The van der Waals surface area contributed by atoms with Crippen LogP contribution in [0.25, 0.3) is 0 Å². The van der Waals surface area contributed by atoms with E-state index in [1.807, 2.05) is 13.0 Å². The van der Waals surface area contributed by atoms with E-state index in [1.165, 1.54) is 0 Å². The number of carbonyl (C=O) groups excluding carboxylic acids is 1. The molecule has 0 radical (unpaired) electrons. The maximum atomic E-state index is 11.1. The van der Waals surface area contributed by atoms with Gasteiger partial charge in [0.15, 0.2) is 0 Å². The maximum Gasteiger partial charge on any atom is 0.250 e. The molecule has 0 aromatic heterocycles. The number of para-hydroxylation sites is 1. The van der Waals surface area contributed by atoms with Crippen molar-refractivity contribution in [3.63, 3.8) is 0 Å². The largest absolute Gasteiger partial charge is 0.394 e. The summed E-state index contributed by atoms with van der Waals surface area (Å²) in [5.41, 5.74) is 6.35. The summed E-state index contributed by atoms with van der Waals surface area (Å²) in [5.74, 6) is -0.467. The number of aliphatic hydroxyl groups excluding tert-OH is 1. The minimum Gasteiger partial charge on any atom is -0.394 e. The highest BCUT2D eigenvalue weighted by Crippen LogP contribution is 2.15. The smallest absolute Gasteiger partial charge is 0.250 e. The SMILES string of the molecule is CCC(CO)Nc1ccccc1C(N)=O. The molecular weight excluding hydrogens is 192 g/mol. The molecule has 4 N–H and O–H groups in total. The van der Waals surface area contributed by atoms with Crippen LogP contribution in [0.3, 0.4) is 0 Å². The van der Waals surface area contributed by atoms with E-state index in [-0.39, 0.29) is 12.6 Å². The summed E-state index contributed by atoms with van der Waals surface area (Å²) in [6, 6.07) is 6.96. The molecular formula is C11H16N2O2. The molecule has 0 heterocycles. The van der Waals surface area contributed by atoms with Gasteiger partial charge in [-0.25, -0.2) is 0 Å². The summed E-state index contributed by atoms with van der Waals surface area (Å²) < 4.78 is 0. The van der Waals surface area contributed by atoms with Gasteiger partial charge in [-0.3, -0.25) is 4.79 Å². The Labute approximate surface area is 89.1 Å².